The van der Waals surface area contributed by atoms with Gasteiger partial charge in [-0.1, -0.05) is 32.0 Å². The van der Waals surface area contributed by atoms with Crippen LogP contribution in [-0.2, 0) is 11.0 Å². The highest BCUT2D eigenvalue weighted by atomic mass is 19.4. The molecule has 6 nitrogen and oxygen atoms in total. The molecule has 1 aromatic carbocycles. The van der Waals surface area contributed by atoms with Crippen molar-refractivity contribution in [3.63, 3.8) is 0 Å². The van der Waals surface area contributed by atoms with Gasteiger partial charge in [0.05, 0.1) is 7.11 Å². The number of allylic oxidation sites excluding steroid dienone is 2. The Hall–Kier alpha value is -2.84. The molecule has 0 saturated carbocycles. The largest absolute Gasteiger partial charge is 0.496 e. The van der Waals surface area contributed by atoms with Gasteiger partial charge in [0.2, 0.25) is 5.95 Å². The molecule has 1 N–H and O–H groups in total. The zero-order valence-electron chi connectivity index (χ0n) is 15.6. The van der Waals surface area contributed by atoms with E-state index >= 15 is 0 Å². The molecule has 1 atom stereocenters. The number of methoxy groups -OCH3 is 1. The van der Waals surface area contributed by atoms with Crippen LogP contribution in [0.25, 0.3) is 0 Å². The van der Waals surface area contributed by atoms with Crippen LogP contribution in [0, 0.1) is 5.41 Å². The van der Waals surface area contributed by atoms with Crippen LogP contribution in [0.3, 0.4) is 0 Å². The van der Waals surface area contributed by atoms with Gasteiger partial charge in [0.15, 0.2) is 5.78 Å². The average molecular weight is 392 g/mol. The van der Waals surface area contributed by atoms with Crippen molar-refractivity contribution in [2.45, 2.75) is 38.9 Å². The van der Waals surface area contributed by atoms with E-state index in [1.165, 1.54) is 7.11 Å². The first-order chi connectivity index (χ1) is 13.1. The predicted octanol–water partition coefficient (Wildman–Crippen LogP) is 3.96. The normalized spacial score (nSPS) is 21.1. The van der Waals surface area contributed by atoms with Crippen LogP contribution < -0.4 is 10.1 Å². The second-order valence-electron chi connectivity index (χ2n) is 7.80. The van der Waals surface area contributed by atoms with E-state index in [0.717, 1.165) is 4.68 Å². The quantitative estimate of drug-likeness (QED) is 0.838. The Labute approximate surface area is 159 Å². The van der Waals surface area contributed by atoms with Crippen molar-refractivity contribution in [1.29, 1.82) is 0 Å². The minimum Gasteiger partial charge on any atom is -0.496 e. The van der Waals surface area contributed by atoms with E-state index in [0.29, 0.717) is 35.4 Å². The summed E-state index contributed by atoms with van der Waals surface area (Å²) >= 11 is 0. The van der Waals surface area contributed by atoms with Crippen LogP contribution in [0.4, 0.5) is 19.1 Å². The number of halogens is 3. The van der Waals surface area contributed by atoms with Gasteiger partial charge in [0.25, 0.3) is 5.82 Å². The maximum absolute atomic E-state index is 13.2. The predicted molar refractivity (Wildman–Crippen MR) is 94.8 cm³/mol. The SMILES string of the molecule is COc1ccccc1[C@H]1C2=C(CC(C)(C)CC2=O)Nc2nc(C(F)(F)F)nn21. The third kappa shape index (κ3) is 2.94. The first-order valence-corrected chi connectivity index (χ1v) is 8.80. The molecular formula is C19H19F3N4O2. The summed E-state index contributed by atoms with van der Waals surface area (Å²) in [6.45, 7) is 3.91. The number of carbonyl (C=O) groups is 1. The van der Waals surface area contributed by atoms with Crippen LogP contribution in [0.1, 0.15) is 44.1 Å². The van der Waals surface area contributed by atoms with Gasteiger partial charge in [-0.25, -0.2) is 4.68 Å². The number of nitrogens with zero attached hydrogens (tertiary/aromatic N) is 3. The molecular weight excluding hydrogens is 373 g/mol. The number of hydrogen-bond donors (Lipinski definition) is 1. The molecule has 1 aliphatic carbocycles. The second kappa shape index (κ2) is 6.08. The van der Waals surface area contributed by atoms with E-state index in [9.17, 15) is 18.0 Å². The number of anilines is 1. The highest BCUT2D eigenvalue weighted by molar-refractivity contribution is 6.00. The maximum atomic E-state index is 13.2. The Bertz CT molecular complexity index is 991. The Morgan fingerprint density at radius 2 is 1.96 bits per heavy atom. The minimum absolute atomic E-state index is 0.0347. The zero-order chi connectivity index (χ0) is 20.3. The molecule has 0 amide bonds. The van der Waals surface area contributed by atoms with Crippen molar-refractivity contribution in [2.24, 2.45) is 5.41 Å². The van der Waals surface area contributed by atoms with E-state index in [-0.39, 0.29) is 17.1 Å². The minimum atomic E-state index is -4.69. The van der Waals surface area contributed by atoms with Gasteiger partial charge < -0.3 is 10.1 Å². The standard InChI is InChI=1S/C19H19F3N4O2/c1-18(2)8-11-14(12(27)9-18)15(10-6-4-5-7-13(10)28-3)26-17(23-11)24-16(25-26)19(20,21)22/h4-7,15H,8-9H2,1-3H3,(H,23,24,25)/t15-/m0/s1. The van der Waals surface area contributed by atoms with Gasteiger partial charge in [-0.05, 0) is 17.9 Å². The number of para-hydroxylation sites is 1. The summed E-state index contributed by atoms with van der Waals surface area (Å²) in [5.41, 5.74) is 1.26. The molecule has 148 valence electrons. The molecule has 2 heterocycles. The lowest BCUT2D eigenvalue weighted by Crippen LogP contribution is -2.36. The van der Waals surface area contributed by atoms with E-state index in [4.69, 9.17) is 4.74 Å². The van der Waals surface area contributed by atoms with Gasteiger partial charge in [0.1, 0.15) is 11.8 Å². The highest BCUT2D eigenvalue weighted by Gasteiger charge is 2.45. The fourth-order valence-electron chi connectivity index (χ4n) is 3.91. The van der Waals surface area contributed by atoms with Crippen molar-refractivity contribution in [1.82, 2.24) is 14.8 Å². The molecule has 1 aromatic heterocycles. The number of carbonyl (C=O) groups excluding carboxylic acids is 1. The number of alkyl halides is 3. The number of hydrogen-bond acceptors (Lipinski definition) is 5. The molecule has 4 rings (SSSR count). The molecule has 9 heteroatoms. The van der Waals surface area contributed by atoms with Crippen LogP contribution in [-0.4, -0.2) is 27.7 Å². The molecule has 0 bridgehead atoms. The second-order valence-corrected chi connectivity index (χ2v) is 7.80. The van der Waals surface area contributed by atoms with Crippen LogP contribution >= 0.6 is 0 Å². The smallest absolute Gasteiger partial charge is 0.453 e. The maximum Gasteiger partial charge on any atom is 0.453 e. The molecule has 28 heavy (non-hydrogen) atoms. The summed E-state index contributed by atoms with van der Waals surface area (Å²) in [7, 11) is 1.48. The van der Waals surface area contributed by atoms with E-state index in [2.05, 4.69) is 15.4 Å². The molecule has 0 spiro atoms. The number of nitrogens with one attached hydrogen (secondary N) is 1. The van der Waals surface area contributed by atoms with Gasteiger partial charge in [-0.15, -0.1) is 5.10 Å². The molecule has 0 unspecified atom stereocenters. The summed E-state index contributed by atoms with van der Waals surface area (Å²) in [6, 6.07) is 6.10. The van der Waals surface area contributed by atoms with Crippen LogP contribution in [0.15, 0.2) is 35.5 Å². The summed E-state index contributed by atoms with van der Waals surface area (Å²) in [5.74, 6) is -0.938. The molecule has 2 aromatic rings. The Morgan fingerprint density at radius 3 is 2.64 bits per heavy atom. The molecule has 2 aliphatic rings. The fourth-order valence-corrected chi connectivity index (χ4v) is 3.91. The van der Waals surface area contributed by atoms with E-state index in [1.54, 1.807) is 24.3 Å². The molecule has 1 aliphatic heterocycles. The summed E-state index contributed by atoms with van der Waals surface area (Å²) < 4.78 is 46.3. The van der Waals surface area contributed by atoms with E-state index in [1.807, 2.05) is 13.8 Å². The summed E-state index contributed by atoms with van der Waals surface area (Å²) in [4.78, 5) is 16.7. The first-order valence-electron chi connectivity index (χ1n) is 8.80. The van der Waals surface area contributed by atoms with Crippen molar-refractivity contribution in [3.05, 3.63) is 46.9 Å². The summed E-state index contributed by atoms with van der Waals surface area (Å²) in [6.07, 6.45) is -3.87. The third-order valence-electron chi connectivity index (χ3n) is 5.02. The Kier molecular flexibility index (Phi) is 4.02. The lowest BCUT2D eigenvalue weighted by Gasteiger charge is -2.38. The number of fused-ring (bicyclic) bond motifs is 1. The number of rotatable bonds is 2. The number of Topliss-reactive ketones (excluding diaryl/α,β-unsaturated/α-hetero) is 1. The average Bonchev–Trinajstić information content (AvgIpc) is 3.03. The highest BCUT2D eigenvalue weighted by Crippen LogP contribution is 2.47. The Balaban J connectivity index is 1.95. The van der Waals surface area contributed by atoms with Crippen molar-refractivity contribution < 1.29 is 22.7 Å². The topological polar surface area (TPSA) is 69.0 Å². The van der Waals surface area contributed by atoms with Gasteiger partial charge in [0, 0.05) is 23.3 Å². The lowest BCUT2D eigenvalue weighted by atomic mass is 9.73. The van der Waals surface area contributed by atoms with Gasteiger partial charge in [-0.2, -0.15) is 18.2 Å². The number of ketones is 1. The Morgan fingerprint density at radius 1 is 1.25 bits per heavy atom. The van der Waals surface area contributed by atoms with Crippen molar-refractivity contribution in [3.8, 4) is 5.75 Å². The van der Waals surface area contributed by atoms with Gasteiger partial charge in [-0.3, -0.25) is 4.79 Å². The number of ether oxygens (including phenoxy) is 1. The zero-order valence-corrected chi connectivity index (χ0v) is 15.6. The lowest BCUT2D eigenvalue weighted by molar-refractivity contribution is -0.145. The molecule has 0 radical (unpaired) electrons. The van der Waals surface area contributed by atoms with E-state index < -0.39 is 18.0 Å². The fraction of sp³-hybridized carbons (Fsp3) is 0.421. The van der Waals surface area contributed by atoms with Gasteiger partial charge >= 0.3 is 6.18 Å². The van der Waals surface area contributed by atoms with Crippen molar-refractivity contribution >= 4 is 11.7 Å². The first kappa shape index (κ1) is 18.5. The third-order valence-corrected chi connectivity index (χ3v) is 5.02. The monoisotopic (exact) mass is 392 g/mol. The number of benzene rings is 1. The molecule has 0 fully saturated rings. The van der Waals surface area contributed by atoms with Crippen LogP contribution in [0.2, 0.25) is 0 Å². The molecule has 0 saturated heterocycles. The van der Waals surface area contributed by atoms with Crippen LogP contribution in [0.5, 0.6) is 5.75 Å². The number of aromatic nitrogens is 3. The van der Waals surface area contributed by atoms with Crippen molar-refractivity contribution in [2.75, 3.05) is 12.4 Å². The summed E-state index contributed by atoms with van der Waals surface area (Å²) in [5, 5.41) is 6.62.